The van der Waals surface area contributed by atoms with E-state index in [1.807, 2.05) is 29.2 Å². The molecule has 1 aliphatic rings. The van der Waals surface area contributed by atoms with Crippen LogP contribution >= 0.6 is 12.6 Å². The lowest BCUT2D eigenvalue weighted by atomic mass is 10.2. The molecule has 0 heterocycles. The average Bonchev–Trinajstić information content (AvgIpc) is 3.09. The maximum absolute atomic E-state index is 12.3. The van der Waals surface area contributed by atoms with Gasteiger partial charge in [0.15, 0.2) is 0 Å². The zero-order valence-corrected chi connectivity index (χ0v) is 10.4. The van der Waals surface area contributed by atoms with Gasteiger partial charge in [-0.15, -0.1) is 12.6 Å². The Bertz CT molecular complexity index is 387. The van der Waals surface area contributed by atoms with Gasteiger partial charge < -0.3 is 4.90 Å². The highest BCUT2D eigenvalue weighted by Gasteiger charge is 2.32. The number of carbonyl (C=O) groups excluding carboxylic acids is 1. The predicted molar refractivity (Wildman–Crippen MR) is 68.0 cm³/mol. The molecule has 86 valence electrons. The second kappa shape index (κ2) is 4.91. The lowest BCUT2D eigenvalue weighted by Crippen LogP contribution is -2.33. The highest BCUT2D eigenvalue weighted by atomic mass is 32.1. The van der Waals surface area contributed by atoms with Gasteiger partial charge in [-0.3, -0.25) is 4.79 Å². The van der Waals surface area contributed by atoms with Crippen LogP contribution in [0.15, 0.2) is 29.2 Å². The molecule has 0 atom stereocenters. The number of benzene rings is 1. The minimum atomic E-state index is 0.153. The molecule has 0 bridgehead atoms. The third-order valence-electron chi connectivity index (χ3n) is 2.81. The first-order chi connectivity index (χ1) is 7.72. The molecule has 1 aromatic carbocycles. The normalized spacial score (nSPS) is 14.9. The number of hydrogen-bond donors (Lipinski definition) is 1. The molecule has 0 radical (unpaired) electrons. The molecule has 0 aromatic heterocycles. The summed E-state index contributed by atoms with van der Waals surface area (Å²) in [4.78, 5) is 15.1. The highest BCUT2D eigenvalue weighted by molar-refractivity contribution is 7.80. The van der Waals surface area contributed by atoms with Crippen molar-refractivity contribution in [3.63, 3.8) is 0 Å². The molecule has 0 aliphatic heterocycles. The molecule has 2 nitrogen and oxygen atoms in total. The molecule has 2 rings (SSSR count). The van der Waals surface area contributed by atoms with E-state index in [2.05, 4.69) is 19.6 Å². The van der Waals surface area contributed by atoms with Gasteiger partial charge in [0.1, 0.15) is 0 Å². The van der Waals surface area contributed by atoms with Crippen LogP contribution in [0.5, 0.6) is 0 Å². The van der Waals surface area contributed by atoms with Crippen molar-refractivity contribution in [1.29, 1.82) is 0 Å². The van der Waals surface area contributed by atoms with Gasteiger partial charge in [0.25, 0.3) is 5.91 Å². The van der Waals surface area contributed by atoms with Gasteiger partial charge >= 0.3 is 0 Å². The van der Waals surface area contributed by atoms with Crippen molar-refractivity contribution >= 4 is 18.5 Å². The van der Waals surface area contributed by atoms with E-state index in [1.54, 1.807) is 0 Å². The molecule has 1 aromatic rings. The van der Waals surface area contributed by atoms with Gasteiger partial charge in [0.2, 0.25) is 0 Å². The number of amides is 1. The summed E-state index contributed by atoms with van der Waals surface area (Å²) in [5.74, 6) is 0.153. The SMILES string of the molecule is CCCN(C(=O)c1cccc(S)c1)C1CC1. The Hall–Kier alpha value is -0.960. The fourth-order valence-electron chi connectivity index (χ4n) is 1.88. The fraction of sp³-hybridized carbons (Fsp3) is 0.462. The van der Waals surface area contributed by atoms with Gasteiger partial charge in [0.05, 0.1) is 0 Å². The van der Waals surface area contributed by atoms with Crippen molar-refractivity contribution in [2.24, 2.45) is 0 Å². The van der Waals surface area contributed by atoms with Crippen molar-refractivity contribution in [2.45, 2.75) is 37.1 Å². The summed E-state index contributed by atoms with van der Waals surface area (Å²) in [6.45, 7) is 2.97. The Labute approximate surface area is 102 Å². The number of carbonyl (C=O) groups is 1. The standard InChI is InChI=1S/C13H17NOS/c1-2-8-14(11-6-7-11)13(15)10-4-3-5-12(16)9-10/h3-5,9,11,16H,2,6-8H2,1H3. The second-order valence-corrected chi connectivity index (χ2v) is 4.80. The first kappa shape index (κ1) is 11.5. The molecule has 1 aliphatic carbocycles. The van der Waals surface area contributed by atoms with E-state index in [1.165, 1.54) is 0 Å². The van der Waals surface area contributed by atoms with Crippen LogP contribution in [0.1, 0.15) is 36.5 Å². The Morgan fingerprint density at radius 2 is 2.25 bits per heavy atom. The van der Waals surface area contributed by atoms with Crippen LogP contribution < -0.4 is 0 Å². The van der Waals surface area contributed by atoms with E-state index in [-0.39, 0.29) is 5.91 Å². The summed E-state index contributed by atoms with van der Waals surface area (Å²) in [7, 11) is 0. The largest absolute Gasteiger partial charge is 0.336 e. The van der Waals surface area contributed by atoms with Crippen LogP contribution in [0.25, 0.3) is 0 Å². The number of rotatable bonds is 4. The van der Waals surface area contributed by atoms with Gasteiger partial charge in [-0.25, -0.2) is 0 Å². The first-order valence-electron chi connectivity index (χ1n) is 5.82. The topological polar surface area (TPSA) is 20.3 Å². The maximum Gasteiger partial charge on any atom is 0.254 e. The number of nitrogens with zero attached hydrogens (tertiary/aromatic N) is 1. The van der Waals surface area contributed by atoms with Crippen LogP contribution in [-0.2, 0) is 0 Å². The van der Waals surface area contributed by atoms with Crippen molar-refractivity contribution in [3.8, 4) is 0 Å². The number of thiol groups is 1. The molecule has 3 heteroatoms. The van der Waals surface area contributed by atoms with Crippen molar-refractivity contribution in [1.82, 2.24) is 4.90 Å². The smallest absolute Gasteiger partial charge is 0.254 e. The molecule has 1 fully saturated rings. The Morgan fingerprint density at radius 3 is 2.81 bits per heavy atom. The zero-order valence-electron chi connectivity index (χ0n) is 9.52. The zero-order chi connectivity index (χ0) is 11.5. The summed E-state index contributed by atoms with van der Waals surface area (Å²) in [6.07, 6.45) is 3.33. The van der Waals surface area contributed by atoms with E-state index >= 15 is 0 Å². The van der Waals surface area contributed by atoms with Crippen LogP contribution in [0.3, 0.4) is 0 Å². The third-order valence-corrected chi connectivity index (χ3v) is 3.08. The van der Waals surface area contributed by atoms with Crippen LogP contribution in [0, 0.1) is 0 Å². The molecule has 0 unspecified atom stereocenters. The van der Waals surface area contributed by atoms with Crippen LogP contribution in [-0.4, -0.2) is 23.4 Å². The number of hydrogen-bond acceptors (Lipinski definition) is 2. The molecular formula is C13H17NOS. The quantitative estimate of drug-likeness (QED) is 0.795. The molecule has 0 saturated heterocycles. The lowest BCUT2D eigenvalue weighted by molar-refractivity contribution is 0.0743. The molecule has 0 N–H and O–H groups in total. The fourth-order valence-corrected chi connectivity index (χ4v) is 2.11. The van der Waals surface area contributed by atoms with Crippen LogP contribution in [0.4, 0.5) is 0 Å². The average molecular weight is 235 g/mol. The van der Waals surface area contributed by atoms with Gasteiger partial charge in [-0.2, -0.15) is 0 Å². The summed E-state index contributed by atoms with van der Waals surface area (Å²) >= 11 is 4.27. The predicted octanol–water partition coefficient (Wildman–Crippen LogP) is 2.99. The van der Waals surface area contributed by atoms with E-state index in [4.69, 9.17) is 0 Å². The summed E-state index contributed by atoms with van der Waals surface area (Å²) in [5.41, 5.74) is 0.757. The Kier molecular flexibility index (Phi) is 3.54. The lowest BCUT2D eigenvalue weighted by Gasteiger charge is -2.21. The van der Waals surface area contributed by atoms with E-state index in [9.17, 15) is 4.79 Å². The molecule has 16 heavy (non-hydrogen) atoms. The summed E-state index contributed by atoms with van der Waals surface area (Å²) < 4.78 is 0. The minimum Gasteiger partial charge on any atom is -0.336 e. The summed E-state index contributed by atoms with van der Waals surface area (Å²) in [5, 5.41) is 0. The van der Waals surface area contributed by atoms with Crippen LogP contribution in [0.2, 0.25) is 0 Å². The Balaban J connectivity index is 2.15. The molecule has 1 saturated carbocycles. The van der Waals surface area contributed by atoms with Crippen molar-refractivity contribution < 1.29 is 4.79 Å². The Morgan fingerprint density at radius 1 is 1.50 bits per heavy atom. The first-order valence-corrected chi connectivity index (χ1v) is 6.27. The monoisotopic (exact) mass is 235 g/mol. The van der Waals surface area contributed by atoms with Gasteiger partial charge in [-0.1, -0.05) is 13.0 Å². The molecular weight excluding hydrogens is 218 g/mol. The second-order valence-electron chi connectivity index (χ2n) is 4.28. The maximum atomic E-state index is 12.3. The van der Waals surface area contributed by atoms with E-state index in [0.29, 0.717) is 6.04 Å². The molecule has 1 amide bonds. The van der Waals surface area contributed by atoms with Crippen molar-refractivity contribution in [3.05, 3.63) is 29.8 Å². The molecule has 0 spiro atoms. The van der Waals surface area contributed by atoms with Gasteiger partial charge in [-0.05, 0) is 37.5 Å². The summed E-state index contributed by atoms with van der Waals surface area (Å²) in [6, 6.07) is 7.97. The van der Waals surface area contributed by atoms with Crippen molar-refractivity contribution in [2.75, 3.05) is 6.54 Å². The highest BCUT2D eigenvalue weighted by Crippen LogP contribution is 2.28. The minimum absolute atomic E-state index is 0.153. The van der Waals surface area contributed by atoms with Gasteiger partial charge in [0, 0.05) is 23.0 Å². The third kappa shape index (κ3) is 2.59. The van der Waals surface area contributed by atoms with E-state index in [0.717, 1.165) is 36.3 Å². The van der Waals surface area contributed by atoms with E-state index < -0.39 is 0 Å².